The summed E-state index contributed by atoms with van der Waals surface area (Å²) in [7, 11) is 0. The van der Waals surface area contributed by atoms with Crippen molar-refractivity contribution in [2.45, 2.75) is 25.7 Å². The molecule has 1 saturated carbocycles. The lowest BCUT2D eigenvalue weighted by Crippen LogP contribution is -2.38. The number of para-hydroxylation sites is 1. The Morgan fingerprint density at radius 2 is 1.89 bits per heavy atom. The molecule has 0 unspecified atom stereocenters. The topological polar surface area (TPSA) is 135 Å². The lowest BCUT2D eigenvalue weighted by molar-refractivity contribution is -0.138. The normalized spacial score (nSPS) is 13.3. The Bertz CT molecular complexity index is 992. The van der Waals surface area contributed by atoms with Crippen LogP contribution in [0.25, 0.3) is 10.9 Å². The van der Waals surface area contributed by atoms with Crippen LogP contribution in [0.4, 0.5) is 0 Å². The Morgan fingerprint density at radius 1 is 1.18 bits per heavy atom. The van der Waals surface area contributed by atoms with Crippen LogP contribution in [0.3, 0.4) is 0 Å². The van der Waals surface area contributed by atoms with E-state index in [1.807, 2.05) is 0 Å². The molecule has 0 saturated heterocycles. The Kier molecular flexibility index (Phi) is 5.62. The number of hydrogen-bond donors (Lipinski definition) is 3. The van der Waals surface area contributed by atoms with Crippen molar-refractivity contribution in [3.63, 3.8) is 0 Å². The summed E-state index contributed by atoms with van der Waals surface area (Å²) in [6.07, 6.45) is 1.43. The molecule has 3 N–H and O–H groups in total. The number of carbonyl (C=O) groups excluding carboxylic acids is 2. The van der Waals surface area contributed by atoms with Gasteiger partial charge in [0.1, 0.15) is 17.9 Å². The number of aromatic hydroxyl groups is 1. The number of nitrogens with zero attached hydrogens (tertiary/aromatic N) is 1. The standard InChI is InChI=1S/C19H20N2O7/c22-12(7-8-15(23)24)9-20-18(26)16-17(25)13-3-1-2-4-14(13)21(19(16)27)28-10-11-5-6-11/h1-4,11,25H,5-10H2,(H,20,26)(H,23,24). The van der Waals surface area contributed by atoms with Gasteiger partial charge >= 0.3 is 5.97 Å². The van der Waals surface area contributed by atoms with Gasteiger partial charge in [-0.25, -0.2) is 0 Å². The number of pyridine rings is 1. The number of fused-ring (bicyclic) bond motifs is 1. The molecule has 1 aromatic heterocycles. The van der Waals surface area contributed by atoms with Crippen LogP contribution in [0, 0.1) is 5.92 Å². The smallest absolute Gasteiger partial charge is 0.303 e. The molecule has 0 bridgehead atoms. The number of carboxylic acids is 1. The average molecular weight is 388 g/mol. The highest BCUT2D eigenvalue weighted by Crippen LogP contribution is 2.29. The highest BCUT2D eigenvalue weighted by molar-refractivity contribution is 6.03. The van der Waals surface area contributed by atoms with E-state index in [4.69, 9.17) is 9.94 Å². The zero-order valence-electron chi connectivity index (χ0n) is 15.0. The summed E-state index contributed by atoms with van der Waals surface area (Å²) in [5.74, 6) is -2.68. The first-order valence-corrected chi connectivity index (χ1v) is 8.90. The van der Waals surface area contributed by atoms with Gasteiger partial charge in [0, 0.05) is 11.8 Å². The fourth-order valence-corrected chi connectivity index (χ4v) is 2.70. The second-order valence-corrected chi connectivity index (χ2v) is 6.69. The minimum atomic E-state index is -1.12. The van der Waals surface area contributed by atoms with Gasteiger partial charge in [-0.05, 0) is 30.9 Å². The molecular weight excluding hydrogens is 368 g/mol. The van der Waals surface area contributed by atoms with Gasteiger partial charge < -0.3 is 20.4 Å². The number of Topliss-reactive ketones (excluding diaryl/α,β-unsaturated/α-hetero) is 1. The van der Waals surface area contributed by atoms with Crippen molar-refractivity contribution in [1.29, 1.82) is 0 Å². The number of benzene rings is 1. The second-order valence-electron chi connectivity index (χ2n) is 6.69. The van der Waals surface area contributed by atoms with E-state index in [9.17, 15) is 24.3 Å². The summed E-state index contributed by atoms with van der Waals surface area (Å²) < 4.78 is 0.995. The highest BCUT2D eigenvalue weighted by atomic mass is 16.7. The monoisotopic (exact) mass is 388 g/mol. The van der Waals surface area contributed by atoms with Crippen molar-refractivity contribution in [1.82, 2.24) is 10.0 Å². The fourth-order valence-electron chi connectivity index (χ4n) is 2.70. The number of hydrogen-bond acceptors (Lipinski definition) is 6. The molecule has 0 radical (unpaired) electrons. The zero-order chi connectivity index (χ0) is 20.3. The van der Waals surface area contributed by atoms with E-state index in [0.717, 1.165) is 17.6 Å². The van der Waals surface area contributed by atoms with Crippen LogP contribution in [0.1, 0.15) is 36.0 Å². The summed E-state index contributed by atoms with van der Waals surface area (Å²) in [6.45, 7) is -0.121. The van der Waals surface area contributed by atoms with Crippen molar-refractivity contribution in [3.8, 4) is 5.75 Å². The van der Waals surface area contributed by atoms with Crippen LogP contribution >= 0.6 is 0 Å². The van der Waals surface area contributed by atoms with E-state index in [1.54, 1.807) is 24.3 Å². The molecule has 1 aliphatic rings. The van der Waals surface area contributed by atoms with Gasteiger partial charge in [-0.2, -0.15) is 0 Å². The lowest BCUT2D eigenvalue weighted by atomic mass is 10.1. The van der Waals surface area contributed by atoms with Crippen LogP contribution in [0.5, 0.6) is 5.75 Å². The number of aromatic nitrogens is 1. The highest BCUT2D eigenvalue weighted by Gasteiger charge is 2.26. The average Bonchev–Trinajstić information content (AvgIpc) is 3.49. The Hall–Kier alpha value is -3.36. The second kappa shape index (κ2) is 8.12. The van der Waals surface area contributed by atoms with E-state index in [1.165, 1.54) is 0 Å². The molecule has 0 atom stereocenters. The number of carbonyl (C=O) groups is 3. The summed E-state index contributed by atoms with van der Waals surface area (Å²) in [5, 5.41) is 21.6. The lowest BCUT2D eigenvalue weighted by Gasteiger charge is -2.15. The van der Waals surface area contributed by atoms with Crippen LogP contribution in [-0.2, 0) is 9.59 Å². The first-order chi connectivity index (χ1) is 13.4. The van der Waals surface area contributed by atoms with Gasteiger partial charge in [0.05, 0.1) is 18.5 Å². The molecular formula is C19H20N2O7. The SMILES string of the molecule is O=C(O)CCC(=O)CNC(=O)c1c(O)c2ccccc2n(OCC2CC2)c1=O. The van der Waals surface area contributed by atoms with Gasteiger partial charge in [0.15, 0.2) is 5.78 Å². The van der Waals surface area contributed by atoms with Crippen molar-refractivity contribution in [2.75, 3.05) is 13.2 Å². The van der Waals surface area contributed by atoms with E-state index < -0.39 is 41.1 Å². The number of ketones is 1. The van der Waals surface area contributed by atoms with Gasteiger partial charge in [-0.1, -0.05) is 12.1 Å². The molecule has 1 heterocycles. The third-order valence-corrected chi connectivity index (χ3v) is 4.44. The molecule has 1 fully saturated rings. The summed E-state index contributed by atoms with van der Waals surface area (Å²) in [4.78, 5) is 53.0. The van der Waals surface area contributed by atoms with Crippen molar-refractivity contribution in [2.24, 2.45) is 5.92 Å². The third kappa shape index (κ3) is 4.30. The summed E-state index contributed by atoms with van der Waals surface area (Å²) >= 11 is 0. The maximum absolute atomic E-state index is 12.8. The third-order valence-electron chi connectivity index (χ3n) is 4.44. The quantitative estimate of drug-likeness (QED) is 0.576. The number of aliphatic carboxylic acids is 1. The van der Waals surface area contributed by atoms with Crippen LogP contribution in [-0.4, -0.2) is 45.8 Å². The molecule has 9 nitrogen and oxygen atoms in total. The predicted octanol–water partition coefficient (Wildman–Crippen LogP) is 0.709. The number of rotatable bonds is 9. The Morgan fingerprint density at radius 3 is 2.57 bits per heavy atom. The van der Waals surface area contributed by atoms with Crippen molar-refractivity contribution < 1.29 is 29.4 Å². The number of amides is 1. The Balaban J connectivity index is 1.86. The van der Waals surface area contributed by atoms with E-state index in [0.29, 0.717) is 18.0 Å². The van der Waals surface area contributed by atoms with Crippen molar-refractivity contribution in [3.05, 3.63) is 40.2 Å². The maximum atomic E-state index is 12.8. The van der Waals surface area contributed by atoms with Crippen molar-refractivity contribution >= 4 is 28.6 Å². The van der Waals surface area contributed by atoms with E-state index in [2.05, 4.69) is 5.32 Å². The summed E-state index contributed by atoms with van der Waals surface area (Å²) in [6, 6.07) is 6.48. The Labute approximate surface area is 159 Å². The maximum Gasteiger partial charge on any atom is 0.303 e. The van der Waals surface area contributed by atoms with E-state index >= 15 is 0 Å². The molecule has 0 aliphatic heterocycles. The van der Waals surface area contributed by atoms with Gasteiger partial charge in [-0.15, -0.1) is 4.73 Å². The molecule has 148 valence electrons. The zero-order valence-corrected chi connectivity index (χ0v) is 15.0. The number of nitrogens with one attached hydrogen (secondary N) is 1. The van der Waals surface area contributed by atoms with Crippen LogP contribution < -0.4 is 15.7 Å². The molecule has 3 rings (SSSR count). The largest absolute Gasteiger partial charge is 0.506 e. The minimum Gasteiger partial charge on any atom is -0.506 e. The summed E-state index contributed by atoms with van der Waals surface area (Å²) in [5.41, 5.74) is -1.02. The fraction of sp³-hybridized carbons (Fsp3) is 0.368. The predicted molar refractivity (Wildman–Crippen MR) is 98.3 cm³/mol. The number of carboxylic acid groups (broad SMARTS) is 1. The minimum absolute atomic E-state index is 0.242. The first-order valence-electron chi connectivity index (χ1n) is 8.90. The molecule has 0 spiro atoms. The molecule has 1 aromatic carbocycles. The molecule has 1 aliphatic carbocycles. The van der Waals surface area contributed by atoms with Crippen LogP contribution in [0.15, 0.2) is 29.1 Å². The molecule has 28 heavy (non-hydrogen) atoms. The van der Waals surface area contributed by atoms with Gasteiger partial charge in [0.2, 0.25) is 0 Å². The van der Waals surface area contributed by atoms with E-state index in [-0.39, 0.29) is 18.2 Å². The van der Waals surface area contributed by atoms with Gasteiger partial charge in [0.25, 0.3) is 11.5 Å². The van der Waals surface area contributed by atoms with Gasteiger partial charge in [-0.3, -0.25) is 19.2 Å². The molecule has 1 amide bonds. The molecule has 9 heteroatoms. The first kappa shape index (κ1) is 19.4. The molecule has 2 aromatic rings. The van der Waals surface area contributed by atoms with Crippen LogP contribution in [0.2, 0.25) is 0 Å².